The van der Waals surface area contributed by atoms with Crippen molar-refractivity contribution in [3.05, 3.63) is 57.9 Å². The van der Waals surface area contributed by atoms with E-state index in [0.29, 0.717) is 23.7 Å². The standard InChI is InChI=1S/C24H33N3O2/c1-16(2)21-8-6-20(7-9-21)14-26-10-12-27(13-11-26)15-22(29)24-17(3)23(19(5)28)18(4)25-24/h6-9,16,25H,10-15H2,1-5H3. The number of Topliss-reactive ketones (excluding diaryl/α,β-unsaturated/α-hetero) is 2. The van der Waals surface area contributed by atoms with Gasteiger partial charge in [0.1, 0.15) is 0 Å². The normalized spacial score (nSPS) is 15.8. The van der Waals surface area contributed by atoms with E-state index in [-0.39, 0.29) is 11.6 Å². The van der Waals surface area contributed by atoms with Crippen molar-refractivity contribution < 1.29 is 9.59 Å². The number of H-pyrrole nitrogens is 1. The molecule has 0 atom stereocenters. The maximum absolute atomic E-state index is 12.8. The van der Waals surface area contributed by atoms with Crippen molar-refractivity contribution in [2.45, 2.75) is 47.1 Å². The summed E-state index contributed by atoms with van der Waals surface area (Å²) in [5, 5.41) is 0. The Labute approximate surface area is 174 Å². The number of ketones is 2. The van der Waals surface area contributed by atoms with Gasteiger partial charge in [0, 0.05) is 44.0 Å². The number of carbonyl (C=O) groups excluding carboxylic acids is 2. The van der Waals surface area contributed by atoms with Gasteiger partial charge >= 0.3 is 0 Å². The van der Waals surface area contributed by atoms with Crippen molar-refractivity contribution in [3.8, 4) is 0 Å². The maximum Gasteiger partial charge on any atom is 0.193 e. The number of nitrogens with zero attached hydrogens (tertiary/aromatic N) is 2. The molecule has 1 N–H and O–H groups in total. The summed E-state index contributed by atoms with van der Waals surface area (Å²) in [6.07, 6.45) is 0. The molecule has 2 aromatic rings. The smallest absolute Gasteiger partial charge is 0.193 e. The molecular weight excluding hydrogens is 362 g/mol. The highest BCUT2D eigenvalue weighted by Crippen LogP contribution is 2.20. The van der Waals surface area contributed by atoms with Crippen LogP contribution in [0.15, 0.2) is 24.3 Å². The van der Waals surface area contributed by atoms with Crippen LogP contribution in [0.5, 0.6) is 0 Å². The van der Waals surface area contributed by atoms with Crippen molar-refractivity contribution >= 4 is 11.6 Å². The Hall–Kier alpha value is -2.24. The first-order valence-corrected chi connectivity index (χ1v) is 10.5. The summed E-state index contributed by atoms with van der Waals surface area (Å²) in [5.41, 5.74) is 5.52. The summed E-state index contributed by atoms with van der Waals surface area (Å²) in [6, 6.07) is 8.91. The molecule has 29 heavy (non-hydrogen) atoms. The maximum atomic E-state index is 12.8. The first-order chi connectivity index (χ1) is 13.8. The second kappa shape index (κ2) is 9.06. The lowest BCUT2D eigenvalue weighted by molar-refractivity contribution is 0.0839. The Morgan fingerprint density at radius 3 is 2.10 bits per heavy atom. The van der Waals surface area contributed by atoms with Crippen LogP contribution in [0.4, 0.5) is 0 Å². The van der Waals surface area contributed by atoms with E-state index >= 15 is 0 Å². The fourth-order valence-corrected chi connectivity index (χ4v) is 4.21. The molecule has 3 rings (SSSR count). The molecule has 0 saturated carbocycles. The van der Waals surface area contributed by atoms with Gasteiger partial charge < -0.3 is 4.98 Å². The third kappa shape index (κ3) is 5.03. The molecular formula is C24H33N3O2. The molecule has 1 aliphatic rings. The number of carbonyl (C=O) groups is 2. The molecule has 2 heterocycles. The Morgan fingerprint density at radius 1 is 1.00 bits per heavy atom. The highest BCUT2D eigenvalue weighted by Gasteiger charge is 2.23. The van der Waals surface area contributed by atoms with Crippen molar-refractivity contribution in [2.24, 2.45) is 0 Å². The molecule has 0 spiro atoms. The van der Waals surface area contributed by atoms with Crippen molar-refractivity contribution in [2.75, 3.05) is 32.7 Å². The van der Waals surface area contributed by atoms with Crippen LogP contribution in [-0.2, 0) is 6.54 Å². The molecule has 0 unspecified atom stereocenters. The molecule has 1 saturated heterocycles. The van der Waals surface area contributed by atoms with Gasteiger partial charge in [-0.3, -0.25) is 19.4 Å². The third-order valence-corrected chi connectivity index (χ3v) is 5.95. The van der Waals surface area contributed by atoms with E-state index in [1.165, 1.54) is 11.1 Å². The van der Waals surface area contributed by atoms with Gasteiger partial charge in [-0.25, -0.2) is 0 Å². The topological polar surface area (TPSA) is 56.4 Å². The lowest BCUT2D eigenvalue weighted by Gasteiger charge is -2.34. The molecule has 1 aliphatic heterocycles. The van der Waals surface area contributed by atoms with E-state index in [9.17, 15) is 9.59 Å². The van der Waals surface area contributed by atoms with Gasteiger partial charge in [-0.15, -0.1) is 0 Å². The molecule has 1 fully saturated rings. The van der Waals surface area contributed by atoms with Crippen molar-refractivity contribution in [1.29, 1.82) is 0 Å². The SMILES string of the molecule is CC(=O)c1c(C)[nH]c(C(=O)CN2CCN(Cc3ccc(C(C)C)cc3)CC2)c1C. The number of benzene rings is 1. The van der Waals surface area contributed by atoms with E-state index in [0.717, 1.165) is 44.0 Å². The first-order valence-electron chi connectivity index (χ1n) is 10.5. The van der Waals surface area contributed by atoms with Gasteiger partial charge in [0.05, 0.1) is 12.2 Å². The number of nitrogens with one attached hydrogen (secondary N) is 1. The van der Waals surface area contributed by atoms with Crippen LogP contribution in [-0.4, -0.2) is 59.1 Å². The fraction of sp³-hybridized carbons (Fsp3) is 0.500. The van der Waals surface area contributed by atoms with E-state index in [1.807, 2.05) is 13.8 Å². The number of aryl methyl sites for hydroxylation is 1. The zero-order valence-electron chi connectivity index (χ0n) is 18.3. The molecule has 5 heteroatoms. The fourth-order valence-electron chi connectivity index (χ4n) is 4.21. The summed E-state index contributed by atoms with van der Waals surface area (Å²) in [4.78, 5) is 32.4. The number of rotatable bonds is 7. The minimum absolute atomic E-state index is 0.00495. The van der Waals surface area contributed by atoms with Crippen LogP contribution in [0.1, 0.15) is 69.9 Å². The van der Waals surface area contributed by atoms with E-state index < -0.39 is 0 Å². The predicted octanol–water partition coefficient (Wildman–Crippen LogP) is 3.96. The second-order valence-corrected chi connectivity index (χ2v) is 8.55. The van der Waals surface area contributed by atoms with Crippen LogP contribution < -0.4 is 0 Å². The van der Waals surface area contributed by atoms with Crippen LogP contribution in [0, 0.1) is 13.8 Å². The van der Waals surface area contributed by atoms with Crippen molar-refractivity contribution in [1.82, 2.24) is 14.8 Å². The van der Waals surface area contributed by atoms with Gasteiger partial charge in [0.25, 0.3) is 0 Å². The highest BCUT2D eigenvalue weighted by molar-refractivity contribution is 6.03. The number of hydrogen-bond acceptors (Lipinski definition) is 4. The average Bonchev–Trinajstić information content (AvgIpc) is 2.98. The molecule has 1 aromatic heterocycles. The molecule has 0 bridgehead atoms. The number of aromatic amines is 1. The number of hydrogen-bond donors (Lipinski definition) is 1. The van der Waals surface area contributed by atoms with E-state index in [2.05, 4.69) is 52.9 Å². The van der Waals surface area contributed by atoms with Gasteiger partial charge in [0.2, 0.25) is 0 Å². The Morgan fingerprint density at radius 2 is 1.59 bits per heavy atom. The lowest BCUT2D eigenvalue weighted by Crippen LogP contribution is -2.47. The largest absolute Gasteiger partial charge is 0.355 e. The quantitative estimate of drug-likeness (QED) is 0.721. The molecule has 5 nitrogen and oxygen atoms in total. The Bertz CT molecular complexity index is 872. The van der Waals surface area contributed by atoms with Crippen LogP contribution in [0.25, 0.3) is 0 Å². The zero-order chi connectivity index (χ0) is 21.1. The summed E-state index contributed by atoms with van der Waals surface area (Å²) < 4.78 is 0. The average molecular weight is 396 g/mol. The van der Waals surface area contributed by atoms with E-state index in [4.69, 9.17) is 0 Å². The number of aromatic nitrogens is 1. The summed E-state index contributed by atoms with van der Waals surface area (Å²) >= 11 is 0. The Kier molecular flexibility index (Phi) is 6.70. The summed E-state index contributed by atoms with van der Waals surface area (Å²) in [6.45, 7) is 14.7. The van der Waals surface area contributed by atoms with Crippen LogP contribution >= 0.6 is 0 Å². The minimum atomic E-state index is 0.00495. The van der Waals surface area contributed by atoms with Gasteiger partial charge in [0.15, 0.2) is 11.6 Å². The highest BCUT2D eigenvalue weighted by atomic mass is 16.1. The summed E-state index contributed by atoms with van der Waals surface area (Å²) in [5.74, 6) is 0.630. The monoisotopic (exact) mass is 395 g/mol. The molecule has 1 aromatic carbocycles. The Balaban J connectivity index is 1.53. The molecule has 0 aliphatic carbocycles. The lowest BCUT2D eigenvalue weighted by atomic mass is 10.0. The predicted molar refractivity (Wildman–Crippen MR) is 117 cm³/mol. The van der Waals surface area contributed by atoms with Gasteiger partial charge in [-0.1, -0.05) is 38.1 Å². The molecule has 0 amide bonds. The first kappa shape index (κ1) is 21.5. The van der Waals surface area contributed by atoms with Crippen LogP contribution in [0.2, 0.25) is 0 Å². The zero-order valence-corrected chi connectivity index (χ0v) is 18.3. The van der Waals surface area contributed by atoms with Crippen molar-refractivity contribution in [3.63, 3.8) is 0 Å². The molecule has 156 valence electrons. The van der Waals surface area contributed by atoms with Gasteiger partial charge in [-0.2, -0.15) is 0 Å². The second-order valence-electron chi connectivity index (χ2n) is 8.55. The molecule has 0 radical (unpaired) electrons. The minimum Gasteiger partial charge on any atom is -0.355 e. The number of piperazine rings is 1. The van der Waals surface area contributed by atoms with Gasteiger partial charge in [-0.05, 0) is 43.4 Å². The third-order valence-electron chi connectivity index (χ3n) is 5.95. The summed E-state index contributed by atoms with van der Waals surface area (Å²) in [7, 11) is 0. The van der Waals surface area contributed by atoms with Crippen LogP contribution in [0.3, 0.4) is 0 Å². The van der Waals surface area contributed by atoms with E-state index in [1.54, 1.807) is 6.92 Å².